The molecule has 138 valence electrons. The van der Waals surface area contributed by atoms with E-state index in [4.69, 9.17) is 4.52 Å². The molecule has 0 saturated heterocycles. The second-order valence-electron chi connectivity index (χ2n) is 6.33. The van der Waals surface area contributed by atoms with Gasteiger partial charge in [-0.1, -0.05) is 43.3 Å². The summed E-state index contributed by atoms with van der Waals surface area (Å²) in [5.74, 6) is 2.02. The number of guanidine groups is 1. The minimum atomic E-state index is 0. The molecule has 0 aliphatic rings. The van der Waals surface area contributed by atoms with Crippen LogP contribution in [0.1, 0.15) is 49.3 Å². The fourth-order valence-corrected chi connectivity index (χ4v) is 2.42. The van der Waals surface area contributed by atoms with E-state index in [2.05, 4.69) is 72.3 Å². The molecule has 0 aliphatic heterocycles. The van der Waals surface area contributed by atoms with Gasteiger partial charge in [0, 0.05) is 26.2 Å². The molecule has 0 bridgehead atoms. The Bertz CT molecular complexity index is 682. The first-order valence-corrected chi connectivity index (χ1v) is 8.50. The van der Waals surface area contributed by atoms with E-state index in [0.29, 0.717) is 12.5 Å². The maximum atomic E-state index is 5.37. The topological polar surface area (TPSA) is 53.7 Å². The van der Waals surface area contributed by atoms with Crippen molar-refractivity contribution in [3.8, 4) is 0 Å². The first-order valence-electron chi connectivity index (χ1n) is 8.50. The molecule has 6 heteroatoms. The highest BCUT2D eigenvalue weighted by Crippen LogP contribution is 2.15. The number of nitrogens with zero attached hydrogens (tertiary/aromatic N) is 3. The zero-order valence-electron chi connectivity index (χ0n) is 15.7. The summed E-state index contributed by atoms with van der Waals surface area (Å²) in [6, 6.07) is 10.4. The molecule has 0 amide bonds. The van der Waals surface area contributed by atoms with Crippen LogP contribution in [0.5, 0.6) is 0 Å². The fourth-order valence-electron chi connectivity index (χ4n) is 2.42. The molecule has 2 rings (SSSR count). The van der Waals surface area contributed by atoms with Gasteiger partial charge < -0.3 is 14.7 Å². The number of aryl methyl sites for hydroxylation is 1. The van der Waals surface area contributed by atoms with Crippen LogP contribution in [0.15, 0.2) is 39.8 Å². The van der Waals surface area contributed by atoms with Crippen LogP contribution < -0.4 is 5.32 Å². The summed E-state index contributed by atoms with van der Waals surface area (Å²) < 4.78 is 5.37. The Labute approximate surface area is 167 Å². The van der Waals surface area contributed by atoms with Gasteiger partial charge in [-0.2, -0.15) is 0 Å². The average molecular weight is 456 g/mol. The lowest BCUT2D eigenvalue weighted by molar-refractivity contribution is 0.375. The molecule has 0 spiro atoms. The van der Waals surface area contributed by atoms with E-state index >= 15 is 0 Å². The summed E-state index contributed by atoms with van der Waals surface area (Å²) in [6.45, 7) is 10.5. The lowest BCUT2D eigenvalue weighted by Gasteiger charge is -2.22. The predicted molar refractivity (Wildman–Crippen MR) is 113 cm³/mol. The molecular weight excluding hydrogens is 427 g/mol. The van der Waals surface area contributed by atoms with E-state index in [9.17, 15) is 0 Å². The maximum absolute atomic E-state index is 5.37. The molecule has 1 heterocycles. The Morgan fingerprint density at radius 2 is 2.04 bits per heavy atom. The minimum absolute atomic E-state index is 0. The van der Waals surface area contributed by atoms with Crippen molar-refractivity contribution < 1.29 is 4.52 Å². The molecule has 25 heavy (non-hydrogen) atoms. The van der Waals surface area contributed by atoms with Crippen LogP contribution in [-0.4, -0.2) is 29.6 Å². The zero-order chi connectivity index (χ0) is 17.5. The average Bonchev–Trinajstić information content (AvgIpc) is 3.02. The van der Waals surface area contributed by atoms with Gasteiger partial charge in [-0.15, -0.1) is 24.0 Å². The summed E-state index contributed by atoms with van der Waals surface area (Å²) in [4.78, 5) is 6.81. The Morgan fingerprint density at radius 1 is 1.32 bits per heavy atom. The van der Waals surface area contributed by atoms with Gasteiger partial charge in [0.2, 0.25) is 0 Å². The number of nitrogens with one attached hydrogen (secondary N) is 1. The van der Waals surface area contributed by atoms with Gasteiger partial charge in [0.25, 0.3) is 0 Å². The SMILES string of the molecule is CCNC(=NCc1cc(C(C)C)no1)N(C)Cc1ccccc1C.I. The summed E-state index contributed by atoms with van der Waals surface area (Å²) in [5, 5.41) is 7.42. The van der Waals surface area contributed by atoms with Crippen LogP contribution in [0.3, 0.4) is 0 Å². The van der Waals surface area contributed by atoms with E-state index in [1.54, 1.807) is 0 Å². The lowest BCUT2D eigenvalue weighted by atomic mass is 10.1. The molecule has 1 aromatic carbocycles. The maximum Gasteiger partial charge on any atom is 0.194 e. The van der Waals surface area contributed by atoms with E-state index < -0.39 is 0 Å². The summed E-state index contributed by atoms with van der Waals surface area (Å²) in [5.41, 5.74) is 3.56. The number of halogens is 1. The van der Waals surface area contributed by atoms with Crippen molar-refractivity contribution in [3.05, 3.63) is 52.9 Å². The van der Waals surface area contributed by atoms with Crippen molar-refractivity contribution in [2.75, 3.05) is 13.6 Å². The molecule has 0 radical (unpaired) electrons. The van der Waals surface area contributed by atoms with Crippen molar-refractivity contribution >= 4 is 29.9 Å². The third-order valence-electron chi connectivity index (χ3n) is 3.92. The number of rotatable bonds is 6. The van der Waals surface area contributed by atoms with E-state index in [-0.39, 0.29) is 24.0 Å². The van der Waals surface area contributed by atoms with Crippen molar-refractivity contribution in [3.63, 3.8) is 0 Å². The number of hydrogen-bond donors (Lipinski definition) is 1. The van der Waals surface area contributed by atoms with Crippen LogP contribution >= 0.6 is 24.0 Å². The van der Waals surface area contributed by atoms with E-state index in [0.717, 1.165) is 30.5 Å². The third kappa shape index (κ3) is 6.34. The fraction of sp³-hybridized carbons (Fsp3) is 0.474. The molecular formula is C19H29IN4O. The van der Waals surface area contributed by atoms with Gasteiger partial charge in [0.1, 0.15) is 6.54 Å². The third-order valence-corrected chi connectivity index (χ3v) is 3.92. The normalized spacial score (nSPS) is 11.4. The van der Waals surface area contributed by atoms with Crippen molar-refractivity contribution in [1.82, 2.24) is 15.4 Å². The molecule has 0 unspecified atom stereocenters. The first kappa shape index (κ1) is 21.5. The Morgan fingerprint density at radius 3 is 2.64 bits per heavy atom. The van der Waals surface area contributed by atoms with E-state index in [1.165, 1.54) is 11.1 Å². The Kier molecular flexibility index (Phi) is 8.96. The molecule has 0 fully saturated rings. The predicted octanol–water partition coefficient (Wildman–Crippen LogP) is 4.32. The van der Waals surface area contributed by atoms with Crippen LogP contribution in [-0.2, 0) is 13.1 Å². The highest BCUT2D eigenvalue weighted by Gasteiger charge is 2.10. The standard InChI is InChI=1S/C19H28N4O.HI/c1-6-20-19(21-12-17-11-18(14(2)3)22-24-17)23(5)13-16-10-8-7-9-15(16)4;/h7-11,14H,6,12-13H2,1-5H3,(H,20,21);1H. The number of aliphatic imine (C=N–C) groups is 1. The smallest absolute Gasteiger partial charge is 0.194 e. The van der Waals surface area contributed by atoms with Gasteiger partial charge in [-0.05, 0) is 30.9 Å². The molecule has 5 nitrogen and oxygen atoms in total. The lowest BCUT2D eigenvalue weighted by Crippen LogP contribution is -2.38. The zero-order valence-corrected chi connectivity index (χ0v) is 18.1. The summed E-state index contributed by atoms with van der Waals surface area (Å²) >= 11 is 0. The van der Waals surface area contributed by atoms with Crippen LogP contribution in [0.4, 0.5) is 0 Å². The molecule has 0 aliphatic carbocycles. The van der Waals surface area contributed by atoms with Crippen molar-refractivity contribution in [1.29, 1.82) is 0 Å². The van der Waals surface area contributed by atoms with E-state index in [1.807, 2.05) is 13.1 Å². The quantitative estimate of drug-likeness (QED) is 0.400. The van der Waals surface area contributed by atoms with Gasteiger partial charge in [0.15, 0.2) is 11.7 Å². The highest BCUT2D eigenvalue weighted by atomic mass is 127. The molecule has 1 N–H and O–H groups in total. The largest absolute Gasteiger partial charge is 0.359 e. The summed E-state index contributed by atoms with van der Waals surface area (Å²) in [6.07, 6.45) is 0. The summed E-state index contributed by atoms with van der Waals surface area (Å²) in [7, 11) is 2.05. The number of benzene rings is 1. The number of hydrogen-bond acceptors (Lipinski definition) is 3. The molecule has 2 aromatic rings. The first-order chi connectivity index (χ1) is 11.5. The number of aromatic nitrogens is 1. The second-order valence-corrected chi connectivity index (χ2v) is 6.33. The molecule has 0 atom stereocenters. The second kappa shape index (κ2) is 10.4. The van der Waals surface area contributed by atoms with Crippen LogP contribution in [0.2, 0.25) is 0 Å². The Balaban J connectivity index is 0.00000312. The van der Waals surface area contributed by atoms with Crippen LogP contribution in [0, 0.1) is 6.92 Å². The monoisotopic (exact) mass is 456 g/mol. The Hall–Kier alpha value is -1.57. The van der Waals surface area contributed by atoms with Gasteiger partial charge >= 0.3 is 0 Å². The molecule has 0 saturated carbocycles. The van der Waals surface area contributed by atoms with Crippen molar-refractivity contribution in [2.24, 2.45) is 4.99 Å². The van der Waals surface area contributed by atoms with Crippen LogP contribution in [0.25, 0.3) is 0 Å². The van der Waals surface area contributed by atoms with Crippen molar-refractivity contribution in [2.45, 2.75) is 46.7 Å². The van der Waals surface area contributed by atoms with Gasteiger partial charge in [0.05, 0.1) is 5.69 Å². The van der Waals surface area contributed by atoms with Gasteiger partial charge in [-0.3, -0.25) is 0 Å². The minimum Gasteiger partial charge on any atom is -0.359 e. The molecule has 1 aromatic heterocycles. The van der Waals surface area contributed by atoms with Gasteiger partial charge in [-0.25, -0.2) is 4.99 Å². The highest BCUT2D eigenvalue weighted by molar-refractivity contribution is 14.0.